The summed E-state index contributed by atoms with van der Waals surface area (Å²) >= 11 is 8.19. The zero-order chi connectivity index (χ0) is 13.5. The van der Waals surface area contributed by atoms with Crippen LogP contribution >= 0.6 is 34.2 Å². The smallest absolute Gasteiger partial charge is 0.308 e. The summed E-state index contributed by atoms with van der Waals surface area (Å²) < 4.78 is 5.79. The predicted octanol–water partition coefficient (Wildman–Crippen LogP) is 2.67. The molecule has 0 fully saturated rings. The fourth-order valence-electron chi connectivity index (χ4n) is 1.35. The van der Waals surface area contributed by atoms with E-state index in [0.717, 1.165) is 9.26 Å². The molecule has 6 heteroatoms. The molecule has 0 aromatic heterocycles. The third-order valence-electron chi connectivity index (χ3n) is 2.17. The van der Waals surface area contributed by atoms with Gasteiger partial charge in [0.1, 0.15) is 0 Å². The number of carbonyl (C=O) groups excluding carboxylic acids is 1. The molecule has 0 spiro atoms. The van der Waals surface area contributed by atoms with Crippen LogP contribution in [0.2, 0.25) is 5.02 Å². The molecule has 1 atom stereocenters. The number of rotatable bonds is 6. The minimum atomic E-state index is -0.792. The molecular formula is C12H15ClINO3. The fraction of sp³-hybridized carbons (Fsp3) is 0.417. The second-order valence-electron chi connectivity index (χ2n) is 3.67. The normalized spacial score (nSPS) is 12.0. The Kier molecular flexibility index (Phi) is 6.73. The van der Waals surface area contributed by atoms with E-state index in [4.69, 9.17) is 16.3 Å². The summed E-state index contributed by atoms with van der Waals surface area (Å²) in [6.07, 6.45) is -0.817. The quantitative estimate of drug-likeness (QED) is 0.586. The second-order valence-corrected chi connectivity index (χ2v) is 5.32. The lowest BCUT2D eigenvalue weighted by Crippen LogP contribution is -2.24. The summed E-state index contributed by atoms with van der Waals surface area (Å²) in [5.41, 5.74) is 0.736. The Labute approximate surface area is 125 Å². The number of anilines is 1. The van der Waals surface area contributed by atoms with Crippen molar-refractivity contribution in [2.45, 2.75) is 19.4 Å². The van der Waals surface area contributed by atoms with Crippen molar-refractivity contribution >= 4 is 45.8 Å². The van der Waals surface area contributed by atoms with Gasteiger partial charge in [0.15, 0.2) is 0 Å². The van der Waals surface area contributed by atoms with Gasteiger partial charge in [0.05, 0.1) is 29.8 Å². The van der Waals surface area contributed by atoms with E-state index in [1.54, 1.807) is 6.92 Å². The third kappa shape index (κ3) is 5.41. The lowest BCUT2D eigenvalue weighted by atomic mass is 10.2. The first-order valence-electron chi connectivity index (χ1n) is 5.55. The van der Waals surface area contributed by atoms with Gasteiger partial charge in [0.25, 0.3) is 0 Å². The van der Waals surface area contributed by atoms with E-state index < -0.39 is 12.1 Å². The summed E-state index contributed by atoms with van der Waals surface area (Å²) in [4.78, 5) is 11.1. The molecular weight excluding hydrogens is 368 g/mol. The van der Waals surface area contributed by atoms with Gasteiger partial charge in [0.2, 0.25) is 0 Å². The molecule has 0 aliphatic carbocycles. The van der Waals surface area contributed by atoms with Crippen LogP contribution in [0.3, 0.4) is 0 Å². The first-order chi connectivity index (χ1) is 8.52. The first-order valence-corrected chi connectivity index (χ1v) is 7.01. The molecule has 100 valence electrons. The maximum atomic E-state index is 11.1. The second kappa shape index (κ2) is 7.81. The van der Waals surface area contributed by atoms with E-state index in [2.05, 4.69) is 27.9 Å². The van der Waals surface area contributed by atoms with Gasteiger partial charge in [-0.25, -0.2) is 0 Å². The van der Waals surface area contributed by atoms with Gasteiger partial charge in [-0.15, -0.1) is 0 Å². The minimum Gasteiger partial charge on any atom is -0.466 e. The highest BCUT2D eigenvalue weighted by atomic mass is 127. The molecule has 0 saturated heterocycles. The van der Waals surface area contributed by atoms with Crippen molar-refractivity contribution in [2.24, 2.45) is 0 Å². The first kappa shape index (κ1) is 15.5. The molecule has 0 bridgehead atoms. The van der Waals surface area contributed by atoms with Crippen molar-refractivity contribution in [3.05, 3.63) is 26.8 Å². The number of benzene rings is 1. The van der Waals surface area contributed by atoms with Crippen molar-refractivity contribution in [3.63, 3.8) is 0 Å². The highest BCUT2D eigenvalue weighted by molar-refractivity contribution is 14.1. The zero-order valence-corrected chi connectivity index (χ0v) is 12.9. The van der Waals surface area contributed by atoms with Crippen LogP contribution in [0.5, 0.6) is 0 Å². The highest BCUT2D eigenvalue weighted by Gasteiger charge is 2.12. The molecule has 0 radical (unpaired) electrons. The highest BCUT2D eigenvalue weighted by Crippen LogP contribution is 2.23. The maximum Gasteiger partial charge on any atom is 0.308 e. The lowest BCUT2D eigenvalue weighted by Gasteiger charge is -2.13. The standard InChI is InChI=1S/C12H15ClINO3/c1-2-18-12(17)6-9(16)7-15-11-4-3-8(14)5-10(11)13/h3-5,9,15-16H,2,6-7H2,1H3. The van der Waals surface area contributed by atoms with E-state index in [1.165, 1.54) is 0 Å². The molecule has 0 heterocycles. The minimum absolute atomic E-state index is 0.0250. The summed E-state index contributed by atoms with van der Waals surface area (Å²) in [7, 11) is 0. The van der Waals surface area contributed by atoms with Gasteiger partial charge in [-0.2, -0.15) is 0 Å². The Hall–Kier alpha value is -0.530. The lowest BCUT2D eigenvalue weighted by molar-refractivity contribution is -0.145. The third-order valence-corrected chi connectivity index (χ3v) is 3.15. The molecule has 1 rings (SSSR count). The topological polar surface area (TPSA) is 58.6 Å². The van der Waals surface area contributed by atoms with Crippen molar-refractivity contribution in [3.8, 4) is 0 Å². The predicted molar refractivity (Wildman–Crippen MR) is 79.9 cm³/mol. The zero-order valence-electron chi connectivity index (χ0n) is 9.95. The SMILES string of the molecule is CCOC(=O)CC(O)CNc1ccc(I)cc1Cl. The summed E-state index contributed by atoms with van der Waals surface area (Å²) in [6, 6.07) is 5.57. The number of nitrogens with one attached hydrogen (secondary N) is 1. The molecule has 1 aromatic rings. The van der Waals surface area contributed by atoms with E-state index in [1.807, 2.05) is 18.2 Å². The Morgan fingerprint density at radius 2 is 2.33 bits per heavy atom. The Morgan fingerprint density at radius 1 is 1.61 bits per heavy atom. The van der Waals surface area contributed by atoms with Gasteiger partial charge in [-0.05, 0) is 47.7 Å². The van der Waals surface area contributed by atoms with Gasteiger partial charge in [-0.1, -0.05) is 11.6 Å². The molecule has 1 aromatic carbocycles. The van der Waals surface area contributed by atoms with E-state index in [9.17, 15) is 9.90 Å². The van der Waals surface area contributed by atoms with Crippen LogP contribution < -0.4 is 5.32 Å². The molecule has 0 aliphatic rings. The average molecular weight is 384 g/mol. The van der Waals surface area contributed by atoms with Crippen molar-refractivity contribution in [1.82, 2.24) is 0 Å². The van der Waals surface area contributed by atoms with Crippen LogP contribution in [0, 0.1) is 3.57 Å². The number of hydrogen-bond donors (Lipinski definition) is 2. The van der Waals surface area contributed by atoms with Gasteiger partial charge in [-0.3, -0.25) is 4.79 Å². The molecule has 0 saturated carbocycles. The van der Waals surface area contributed by atoms with E-state index in [-0.39, 0.29) is 13.0 Å². The maximum absolute atomic E-state index is 11.1. The van der Waals surface area contributed by atoms with Gasteiger partial charge >= 0.3 is 5.97 Å². The number of halogens is 2. The van der Waals surface area contributed by atoms with Gasteiger partial charge < -0.3 is 15.2 Å². The average Bonchev–Trinajstić information content (AvgIpc) is 2.28. The summed E-state index contributed by atoms with van der Waals surface area (Å²) in [5.74, 6) is -0.402. The van der Waals surface area contributed by atoms with Crippen molar-refractivity contribution in [2.75, 3.05) is 18.5 Å². The van der Waals surface area contributed by atoms with Crippen LogP contribution in [0.1, 0.15) is 13.3 Å². The van der Waals surface area contributed by atoms with Crippen LogP contribution in [0.4, 0.5) is 5.69 Å². The number of aliphatic hydroxyl groups excluding tert-OH is 1. The molecule has 0 amide bonds. The van der Waals surface area contributed by atoms with E-state index >= 15 is 0 Å². The van der Waals surface area contributed by atoms with Crippen molar-refractivity contribution in [1.29, 1.82) is 0 Å². The largest absolute Gasteiger partial charge is 0.466 e. The molecule has 18 heavy (non-hydrogen) atoms. The van der Waals surface area contributed by atoms with Crippen LogP contribution in [-0.4, -0.2) is 30.3 Å². The molecule has 0 aliphatic heterocycles. The fourth-order valence-corrected chi connectivity index (χ4v) is 2.27. The Balaban J connectivity index is 2.42. The van der Waals surface area contributed by atoms with Crippen LogP contribution in [-0.2, 0) is 9.53 Å². The number of esters is 1. The summed E-state index contributed by atoms with van der Waals surface area (Å²) in [6.45, 7) is 2.30. The Morgan fingerprint density at radius 3 is 2.94 bits per heavy atom. The number of hydrogen-bond acceptors (Lipinski definition) is 4. The molecule has 1 unspecified atom stereocenters. The number of aliphatic hydroxyl groups is 1. The molecule has 2 N–H and O–H groups in total. The van der Waals surface area contributed by atoms with Crippen molar-refractivity contribution < 1.29 is 14.6 Å². The monoisotopic (exact) mass is 383 g/mol. The van der Waals surface area contributed by atoms with Crippen LogP contribution in [0.25, 0.3) is 0 Å². The number of carbonyl (C=O) groups is 1. The number of ether oxygens (including phenoxy) is 1. The van der Waals surface area contributed by atoms with Crippen LogP contribution in [0.15, 0.2) is 18.2 Å². The molecule has 4 nitrogen and oxygen atoms in total. The van der Waals surface area contributed by atoms with Gasteiger partial charge in [0, 0.05) is 10.1 Å². The Bertz CT molecular complexity index is 414. The summed E-state index contributed by atoms with van der Waals surface area (Å²) in [5, 5.41) is 13.2. The van der Waals surface area contributed by atoms with E-state index in [0.29, 0.717) is 11.6 Å².